The van der Waals surface area contributed by atoms with Gasteiger partial charge in [0.05, 0.1) is 19.8 Å². The van der Waals surface area contributed by atoms with E-state index in [0.29, 0.717) is 22.8 Å². The molecular formula is C24H18O6. The first-order chi connectivity index (χ1) is 14.6. The molecule has 0 amide bonds. The molecule has 150 valence electrons. The molecule has 0 saturated carbocycles. The molecule has 0 radical (unpaired) electrons. The van der Waals surface area contributed by atoms with Gasteiger partial charge >= 0.3 is 5.97 Å². The Morgan fingerprint density at radius 3 is 2.27 bits per heavy atom. The summed E-state index contributed by atoms with van der Waals surface area (Å²) >= 11 is 0. The van der Waals surface area contributed by atoms with E-state index < -0.39 is 5.97 Å². The second kappa shape index (κ2) is 8.13. The lowest BCUT2D eigenvalue weighted by Crippen LogP contribution is -2.12. The molecule has 0 spiro atoms. The molecule has 3 aromatic rings. The lowest BCUT2D eigenvalue weighted by Gasteiger charge is -2.12. The van der Waals surface area contributed by atoms with Crippen LogP contribution >= 0.6 is 0 Å². The Bertz CT molecular complexity index is 1130. The number of fused-ring (bicyclic) bond motifs is 1. The third-order valence-corrected chi connectivity index (χ3v) is 4.58. The first-order valence-corrected chi connectivity index (χ1v) is 9.17. The SMILES string of the molecule is COc1cccc(OC)c1C(=O)Oc1ccc2c(c1)OC(=Cc1ccccc1)C2=O. The molecule has 0 saturated heterocycles. The van der Waals surface area contributed by atoms with Crippen LogP contribution in [0.1, 0.15) is 26.3 Å². The minimum atomic E-state index is -0.645. The summed E-state index contributed by atoms with van der Waals surface area (Å²) < 4.78 is 21.7. The molecule has 0 bridgehead atoms. The van der Waals surface area contributed by atoms with Crippen LogP contribution in [-0.2, 0) is 0 Å². The summed E-state index contributed by atoms with van der Waals surface area (Å²) in [4.78, 5) is 25.3. The number of allylic oxidation sites excluding steroid dienone is 1. The molecule has 0 N–H and O–H groups in total. The zero-order valence-corrected chi connectivity index (χ0v) is 16.4. The number of benzene rings is 3. The summed E-state index contributed by atoms with van der Waals surface area (Å²) in [5, 5.41) is 0. The summed E-state index contributed by atoms with van der Waals surface area (Å²) in [5.41, 5.74) is 1.43. The Kier molecular flexibility index (Phi) is 5.22. The van der Waals surface area contributed by atoms with Gasteiger partial charge in [-0.05, 0) is 35.9 Å². The predicted octanol–water partition coefficient (Wildman–Crippen LogP) is 4.54. The van der Waals surface area contributed by atoms with Gasteiger partial charge in [0.15, 0.2) is 5.76 Å². The molecule has 6 nitrogen and oxygen atoms in total. The van der Waals surface area contributed by atoms with Crippen LogP contribution in [0.25, 0.3) is 6.08 Å². The van der Waals surface area contributed by atoms with Gasteiger partial charge in [0.25, 0.3) is 0 Å². The Hall–Kier alpha value is -4.06. The maximum atomic E-state index is 12.7. The van der Waals surface area contributed by atoms with Crippen LogP contribution in [0.5, 0.6) is 23.0 Å². The number of Topliss-reactive ketones (excluding diaryl/α,β-unsaturated/α-hetero) is 1. The average Bonchev–Trinajstić information content (AvgIpc) is 3.08. The van der Waals surface area contributed by atoms with E-state index in [1.807, 2.05) is 30.3 Å². The molecule has 0 unspecified atom stereocenters. The van der Waals surface area contributed by atoms with E-state index in [-0.39, 0.29) is 22.9 Å². The van der Waals surface area contributed by atoms with E-state index in [9.17, 15) is 9.59 Å². The van der Waals surface area contributed by atoms with E-state index in [2.05, 4.69) is 0 Å². The van der Waals surface area contributed by atoms with Gasteiger partial charge in [0.2, 0.25) is 5.78 Å². The van der Waals surface area contributed by atoms with Crippen molar-refractivity contribution in [3.63, 3.8) is 0 Å². The van der Waals surface area contributed by atoms with Gasteiger partial charge in [-0.1, -0.05) is 36.4 Å². The number of ether oxygens (including phenoxy) is 4. The highest BCUT2D eigenvalue weighted by atomic mass is 16.5. The topological polar surface area (TPSA) is 71.1 Å². The molecule has 3 aromatic carbocycles. The highest BCUT2D eigenvalue weighted by Crippen LogP contribution is 2.36. The van der Waals surface area contributed by atoms with Crippen molar-refractivity contribution >= 4 is 17.8 Å². The Morgan fingerprint density at radius 2 is 1.60 bits per heavy atom. The summed E-state index contributed by atoms with van der Waals surface area (Å²) in [6.45, 7) is 0. The fourth-order valence-corrected chi connectivity index (χ4v) is 3.14. The van der Waals surface area contributed by atoms with E-state index >= 15 is 0 Å². The monoisotopic (exact) mass is 402 g/mol. The molecule has 1 aliphatic rings. The maximum Gasteiger partial charge on any atom is 0.351 e. The molecule has 0 aliphatic carbocycles. The standard InChI is InChI=1S/C24H18O6/c1-27-18-9-6-10-19(28-2)22(18)24(26)29-16-11-12-17-20(14-16)30-21(23(17)25)13-15-7-4-3-5-8-15/h3-14H,1-2H3. The smallest absolute Gasteiger partial charge is 0.351 e. The van der Waals surface area contributed by atoms with E-state index in [1.165, 1.54) is 20.3 Å². The first-order valence-electron chi connectivity index (χ1n) is 9.17. The Labute approximate surface area is 173 Å². The molecule has 1 heterocycles. The van der Waals surface area contributed by atoms with Crippen molar-refractivity contribution in [1.82, 2.24) is 0 Å². The first kappa shape index (κ1) is 19.3. The average molecular weight is 402 g/mol. The number of rotatable bonds is 5. The molecule has 6 heteroatoms. The number of methoxy groups -OCH3 is 2. The van der Waals surface area contributed by atoms with Crippen molar-refractivity contribution in [2.45, 2.75) is 0 Å². The van der Waals surface area contributed by atoms with E-state index in [1.54, 1.807) is 36.4 Å². The van der Waals surface area contributed by atoms with Crippen LogP contribution in [0.15, 0.2) is 72.5 Å². The number of ketones is 1. The van der Waals surface area contributed by atoms with Crippen LogP contribution in [0.4, 0.5) is 0 Å². The third kappa shape index (κ3) is 3.63. The van der Waals surface area contributed by atoms with Crippen LogP contribution in [0.3, 0.4) is 0 Å². The van der Waals surface area contributed by atoms with E-state index in [4.69, 9.17) is 18.9 Å². The van der Waals surface area contributed by atoms with Crippen molar-refractivity contribution in [2.24, 2.45) is 0 Å². The van der Waals surface area contributed by atoms with Crippen LogP contribution in [0, 0.1) is 0 Å². The molecule has 4 rings (SSSR count). The quantitative estimate of drug-likeness (QED) is 0.355. The second-order valence-corrected chi connectivity index (χ2v) is 6.44. The van der Waals surface area contributed by atoms with Gasteiger partial charge in [0, 0.05) is 6.07 Å². The fourth-order valence-electron chi connectivity index (χ4n) is 3.14. The number of hydrogen-bond donors (Lipinski definition) is 0. The zero-order valence-electron chi connectivity index (χ0n) is 16.4. The van der Waals surface area contributed by atoms with Crippen LogP contribution < -0.4 is 18.9 Å². The minimum Gasteiger partial charge on any atom is -0.496 e. The van der Waals surface area contributed by atoms with Crippen molar-refractivity contribution in [1.29, 1.82) is 0 Å². The number of hydrogen-bond acceptors (Lipinski definition) is 6. The number of carbonyl (C=O) groups excluding carboxylic acids is 2. The summed E-state index contributed by atoms with van der Waals surface area (Å²) in [5.74, 6) is 0.581. The van der Waals surface area contributed by atoms with Crippen molar-refractivity contribution in [3.05, 3.63) is 89.2 Å². The lowest BCUT2D eigenvalue weighted by atomic mass is 10.1. The Morgan fingerprint density at radius 1 is 0.900 bits per heavy atom. The van der Waals surface area contributed by atoms with Crippen molar-refractivity contribution in [3.8, 4) is 23.0 Å². The second-order valence-electron chi connectivity index (χ2n) is 6.44. The van der Waals surface area contributed by atoms with Gasteiger partial charge < -0.3 is 18.9 Å². The molecule has 0 aromatic heterocycles. The van der Waals surface area contributed by atoms with Crippen LogP contribution in [0.2, 0.25) is 0 Å². The van der Waals surface area contributed by atoms with Gasteiger partial charge in [0.1, 0.15) is 28.6 Å². The molecule has 0 fully saturated rings. The zero-order chi connectivity index (χ0) is 21.1. The lowest BCUT2D eigenvalue weighted by molar-refractivity contribution is 0.0727. The van der Waals surface area contributed by atoms with Crippen LogP contribution in [-0.4, -0.2) is 26.0 Å². The number of carbonyl (C=O) groups is 2. The maximum absolute atomic E-state index is 12.7. The van der Waals surface area contributed by atoms with Crippen molar-refractivity contribution < 1.29 is 28.5 Å². The molecule has 30 heavy (non-hydrogen) atoms. The predicted molar refractivity (Wildman–Crippen MR) is 110 cm³/mol. The highest BCUT2D eigenvalue weighted by Gasteiger charge is 2.28. The molecule has 0 atom stereocenters. The normalized spacial score (nSPS) is 13.5. The highest BCUT2D eigenvalue weighted by molar-refractivity contribution is 6.14. The van der Waals surface area contributed by atoms with Gasteiger partial charge in [-0.25, -0.2) is 4.79 Å². The van der Waals surface area contributed by atoms with Gasteiger partial charge in [-0.15, -0.1) is 0 Å². The van der Waals surface area contributed by atoms with Crippen molar-refractivity contribution in [2.75, 3.05) is 14.2 Å². The minimum absolute atomic E-state index is 0.171. The molecular weight excluding hydrogens is 384 g/mol. The largest absolute Gasteiger partial charge is 0.496 e. The fraction of sp³-hybridized carbons (Fsp3) is 0.0833. The number of esters is 1. The van der Waals surface area contributed by atoms with Gasteiger partial charge in [-0.3, -0.25) is 4.79 Å². The third-order valence-electron chi connectivity index (χ3n) is 4.58. The molecule has 1 aliphatic heterocycles. The van der Waals surface area contributed by atoms with E-state index in [0.717, 1.165) is 5.56 Å². The summed E-state index contributed by atoms with van der Waals surface area (Å²) in [7, 11) is 2.92. The summed E-state index contributed by atoms with van der Waals surface area (Å²) in [6, 6.07) is 19.0. The van der Waals surface area contributed by atoms with Gasteiger partial charge in [-0.2, -0.15) is 0 Å². The Balaban J connectivity index is 1.59. The summed E-state index contributed by atoms with van der Waals surface area (Å²) in [6.07, 6.45) is 1.67.